The molecule has 0 spiro atoms. The summed E-state index contributed by atoms with van der Waals surface area (Å²) in [7, 11) is 1.43. The first kappa shape index (κ1) is 13.2. The lowest BCUT2D eigenvalue weighted by molar-refractivity contribution is -0.384. The molecule has 0 saturated heterocycles. The summed E-state index contributed by atoms with van der Waals surface area (Å²) < 4.78 is 5.13. The molecule has 0 atom stereocenters. The fourth-order valence-electron chi connectivity index (χ4n) is 1.79. The molecule has 2 aromatic carbocycles. The number of benzene rings is 2. The van der Waals surface area contributed by atoms with Gasteiger partial charge in [-0.05, 0) is 24.3 Å². The second-order valence-electron chi connectivity index (χ2n) is 3.80. The van der Waals surface area contributed by atoms with Gasteiger partial charge in [0.1, 0.15) is 11.5 Å². The molecule has 2 rings (SSSR count). The average molecular weight is 280 g/mol. The molecule has 0 saturated carbocycles. The minimum atomic E-state index is -0.488. The third-order valence-corrected chi connectivity index (χ3v) is 2.87. The van der Waals surface area contributed by atoms with Gasteiger partial charge in [-0.25, -0.2) is 0 Å². The number of phenolic OH excluding ortho intramolecular Hbond substituents is 1. The highest BCUT2D eigenvalue weighted by molar-refractivity contribution is 6.31. The predicted octanol–water partition coefficient (Wildman–Crippen LogP) is 3.63. The lowest BCUT2D eigenvalue weighted by Gasteiger charge is -2.09. The van der Waals surface area contributed by atoms with Crippen LogP contribution in [0, 0.1) is 10.1 Å². The average Bonchev–Trinajstić information content (AvgIpc) is 2.38. The Bertz CT molecular complexity index is 643. The van der Waals surface area contributed by atoms with Gasteiger partial charge >= 0.3 is 0 Å². The maximum absolute atomic E-state index is 11.0. The number of methoxy groups -OCH3 is 1. The number of hydrogen-bond acceptors (Lipinski definition) is 4. The first-order chi connectivity index (χ1) is 9.02. The molecule has 0 aromatic heterocycles. The Morgan fingerprint density at radius 1 is 1.21 bits per heavy atom. The summed E-state index contributed by atoms with van der Waals surface area (Å²) in [6.45, 7) is 0. The van der Waals surface area contributed by atoms with Crippen LogP contribution in [-0.2, 0) is 0 Å². The molecule has 0 aliphatic heterocycles. The molecule has 0 bridgehead atoms. The minimum Gasteiger partial charge on any atom is -0.508 e. The second-order valence-corrected chi connectivity index (χ2v) is 4.24. The van der Waals surface area contributed by atoms with E-state index in [-0.39, 0.29) is 11.4 Å². The molecule has 98 valence electrons. The molecule has 0 aliphatic rings. The summed E-state index contributed by atoms with van der Waals surface area (Å²) in [5, 5.41) is 20.8. The molecular weight excluding hydrogens is 270 g/mol. The van der Waals surface area contributed by atoms with E-state index in [1.165, 1.54) is 37.4 Å². The predicted molar refractivity (Wildman–Crippen MR) is 71.8 cm³/mol. The maximum atomic E-state index is 11.0. The van der Waals surface area contributed by atoms with E-state index in [1.54, 1.807) is 6.07 Å². The summed E-state index contributed by atoms with van der Waals surface area (Å²) in [5.74, 6) is 0.357. The van der Waals surface area contributed by atoms with Crippen molar-refractivity contribution in [3.05, 3.63) is 51.5 Å². The third-order valence-electron chi connectivity index (χ3n) is 2.63. The van der Waals surface area contributed by atoms with Crippen LogP contribution in [0.4, 0.5) is 5.69 Å². The van der Waals surface area contributed by atoms with Crippen LogP contribution in [0.1, 0.15) is 0 Å². The van der Waals surface area contributed by atoms with Gasteiger partial charge in [-0.1, -0.05) is 11.6 Å². The zero-order valence-electron chi connectivity index (χ0n) is 9.96. The summed E-state index contributed by atoms with van der Waals surface area (Å²) in [6, 6.07) is 8.66. The van der Waals surface area contributed by atoms with Crippen molar-refractivity contribution >= 4 is 17.3 Å². The Labute approximate surface area is 114 Å². The molecule has 0 aliphatic carbocycles. The fourth-order valence-corrected chi connectivity index (χ4v) is 1.96. The van der Waals surface area contributed by atoms with Crippen molar-refractivity contribution in [3.63, 3.8) is 0 Å². The largest absolute Gasteiger partial charge is 0.508 e. The van der Waals surface area contributed by atoms with Gasteiger partial charge in [0.25, 0.3) is 5.69 Å². The molecule has 0 fully saturated rings. The fraction of sp³-hybridized carbons (Fsp3) is 0.0769. The highest BCUT2D eigenvalue weighted by atomic mass is 35.5. The topological polar surface area (TPSA) is 72.6 Å². The van der Waals surface area contributed by atoms with Crippen LogP contribution in [-0.4, -0.2) is 17.1 Å². The summed E-state index contributed by atoms with van der Waals surface area (Å²) >= 11 is 5.89. The zero-order chi connectivity index (χ0) is 14.0. The van der Waals surface area contributed by atoms with Crippen molar-refractivity contribution in [1.82, 2.24) is 0 Å². The van der Waals surface area contributed by atoms with Gasteiger partial charge < -0.3 is 9.84 Å². The molecule has 6 heteroatoms. The number of nitro groups is 1. The monoisotopic (exact) mass is 279 g/mol. The summed E-state index contributed by atoms with van der Waals surface area (Å²) in [5.41, 5.74) is 0.761. The Morgan fingerprint density at radius 2 is 1.95 bits per heavy atom. The van der Waals surface area contributed by atoms with Gasteiger partial charge in [0.15, 0.2) is 0 Å². The molecule has 0 amide bonds. The van der Waals surface area contributed by atoms with Crippen LogP contribution in [0.15, 0.2) is 36.4 Å². The van der Waals surface area contributed by atoms with E-state index < -0.39 is 4.92 Å². The first-order valence-corrected chi connectivity index (χ1v) is 5.72. The van der Waals surface area contributed by atoms with Crippen molar-refractivity contribution in [1.29, 1.82) is 0 Å². The number of nitrogens with zero attached hydrogens (tertiary/aromatic N) is 1. The normalized spacial score (nSPS) is 10.2. The van der Waals surface area contributed by atoms with Gasteiger partial charge in [0.05, 0.1) is 17.6 Å². The Morgan fingerprint density at radius 3 is 2.58 bits per heavy atom. The summed E-state index contributed by atoms with van der Waals surface area (Å²) in [6.07, 6.45) is 0. The van der Waals surface area contributed by atoms with Crippen molar-refractivity contribution in [2.75, 3.05) is 7.11 Å². The number of rotatable bonds is 3. The van der Waals surface area contributed by atoms with Crippen LogP contribution >= 0.6 is 11.6 Å². The Balaban J connectivity index is 2.70. The first-order valence-electron chi connectivity index (χ1n) is 5.34. The maximum Gasteiger partial charge on any atom is 0.277 e. The number of phenols is 1. The lowest BCUT2D eigenvalue weighted by Crippen LogP contribution is -1.94. The van der Waals surface area contributed by atoms with Crippen LogP contribution in [0.5, 0.6) is 11.5 Å². The van der Waals surface area contributed by atoms with Gasteiger partial charge in [-0.15, -0.1) is 0 Å². The van der Waals surface area contributed by atoms with E-state index in [0.29, 0.717) is 21.9 Å². The highest BCUT2D eigenvalue weighted by Gasteiger charge is 2.19. The van der Waals surface area contributed by atoms with E-state index >= 15 is 0 Å². The number of ether oxygens (including phenoxy) is 1. The molecular formula is C13H10ClNO4. The molecule has 2 aromatic rings. The Kier molecular flexibility index (Phi) is 3.57. The van der Waals surface area contributed by atoms with Gasteiger partial charge in [0.2, 0.25) is 0 Å². The van der Waals surface area contributed by atoms with Crippen molar-refractivity contribution in [2.24, 2.45) is 0 Å². The van der Waals surface area contributed by atoms with Crippen LogP contribution in [0.2, 0.25) is 5.02 Å². The van der Waals surface area contributed by atoms with Crippen molar-refractivity contribution in [2.45, 2.75) is 0 Å². The quantitative estimate of drug-likeness (QED) is 0.688. The van der Waals surface area contributed by atoms with Crippen LogP contribution < -0.4 is 4.74 Å². The molecule has 1 N–H and O–H groups in total. The smallest absolute Gasteiger partial charge is 0.277 e. The van der Waals surface area contributed by atoms with E-state index in [0.717, 1.165) is 0 Å². The molecule has 5 nitrogen and oxygen atoms in total. The number of nitro benzene ring substituents is 1. The third kappa shape index (κ3) is 2.61. The number of halogens is 1. The molecule has 0 radical (unpaired) electrons. The molecule has 19 heavy (non-hydrogen) atoms. The summed E-state index contributed by atoms with van der Waals surface area (Å²) in [4.78, 5) is 10.6. The molecule has 0 heterocycles. The Hall–Kier alpha value is -2.27. The van der Waals surface area contributed by atoms with Crippen LogP contribution in [0.3, 0.4) is 0 Å². The zero-order valence-corrected chi connectivity index (χ0v) is 10.7. The van der Waals surface area contributed by atoms with E-state index in [4.69, 9.17) is 16.3 Å². The lowest BCUT2D eigenvalue weighted by atomic mass is 10.0. The number of aromatic hydroxyl groups is 1. The van der Waals surface area contributed by atoms with E-state index in [9.17, 15) is 15.2 Å². The standard InChI is InChI=1S/C13H10ClNO4/c1-19-13-7-9(16)3-4-10(13)11-6-8(14)2-5-12(11)15(17)18/h2-7,16H,1H3. The number of hydrogen-bond donors (Lipinski definition) is 1. The SMILES string of the molecule is COc1cc(O)ccc1-c1cc(Cl)ccc1[N+](=O)[O-]. The minimum absolute atomic E-state index is 0.0188. The highest BCUT2D eigenvalue weighted by Crippen LogP contribution is 2.39. The van der Waals surface area contributed by atoms with Gasteiger partial charge in [-0.3, -0.25) is 10.1 Å². The van der Waals surface area contributed by atoms with Gasteiger partial charge in [-0.2, -0.15) is 0 Å². The van der Waals surface area contributed by atoms with Crippen LogP contribution in [0.25, 0.3) is 11.1 Å². The second kappa shape index (κ2) is 5.16. The van der Waals surface area contributed by atoms with E-state index in [1.807, 2.05) is 0 Å². The molecule has 0 unspecified atom stereocenters. The van der Waals surface area contributed by atoms with E-state index in [2.05, 4.69) is 0 Å². The van der Waals surface area contributed by atoms with Crippen molar-refractivity contribution < 1.29 is 14.8 Å². The van der Waals surface area contributed by atoms with Gasteiger partial charge in [0, 0.05) is 22.7 Å². The van der Waals surface area contributed by atoms with Crippen molar-refractivity contribution in [3.8, 4) is 22.6 Å².